The summed E-state index contributed by atoms with van der Waals surface area (Å²) in [7, 11) is 1.74. The Labute approximate surface area is 97.0 Å². The fraction of sp³-hybridized carbons (Fsp3) is 0.417. The summed E-state index contributed by atoms with van der Waals surface area (Å²) in [4.78, 5) is 12.6. The van der Waals surface area contributed by atoms with Crippen LogP contribution in [0.1, 0.15) is 23.5 Å². The highest BCUT2D eigenvalue weighted by atomic mass is 19.4. The maximum absolute atomic E-state index is 12.6. The summed E-state index contributed by atoms with van der Waals surface area (Å²) in [6, 6.07) is 3.56. The number of alkyl halides is 3. The van der Waals surface area contributed by atoms with Gasteiger partial charge >= 0.3 is 6.18 Å². The molecule has 1 atom stereocenters. The number of carbonyl (C=O) groups excluding carboxylic acids is 1. The number of rotatable bonds is 1. The van der Waals surface area contributed by atoms with Crippen LogP contribution in [0.25, 0.3) is 0 Å². The van der Waals surface area contributed by atoms with Gasteiger partial charge in [-0.25, -0.2) is 0 Å². The summed E-state index contributed by atoms with van der Waals surface area (Å²) < 4.78 is 37.7. The molecule has 5 heteroatoms. The molecule has 0 aromatic heterocycles. The SMILES string of the molecule is CN1CCC(C=O)c2ccc(C(F)(F)F)cc21. The maximum atomic E-state index is 12.6. The summed E-state index contributed by atoms with van der Waals surface area (Å²) in [5.74, 6) is -0.288. The number of benzene rings is 1. The van der Waals surface area contributed by atoms with E-state index >= 15 is 0 Å². The van der Waals surface area contributed by atoms with Crippen LogP contribution in [0.5, 0.6) is 0 Å². The highest BCUT2D eigenvalue weighted by Crippen LogP contribution is 2.38. The molecule has 0 saturated carbocycles. The Kier molecular flexibility index (Phi) is 2.85. The third-order valence-corrected chi connectivity index (χ3v) is 3.11. The average molecular weight is 243 g/mol. The highest BCUT2D eigenvalue weighted by molar-refractivity contribution is 5.71. The molecule has 0 aliphatic carbocycles. The van der Waals surface area contributed by atoms with Gasteiger partial charge < -0.3 is 9.69 Å². The number of carbonyl (C=O) groups is 1. The standard InChI is InChI=1S/C12H12F3NO/c1-16-5-4-8(7-17)10-3-2-9(6-11(10)16)12(13,14)15/h2-3,6-8H,4-5H2,1H3. The van der Waals surface area contributed by atoms with Crippen LogP contribution in [-0.2, 0) is 11.0 Å². The fourth-order valence-corrected chi connectivity index (χ4v) is 2.11. The van der Waals surface area contributed by atoms with Crippen LogP contribution in [0.3, 0.4) is 0 Å². The van der Waals surface area contributed by atoms with Gasteiger partial charge in [0, 0.05) is 25.2 Å². The van der Waals surface area contributed by atoms with Gasteiger partial charge in [0.15, 0.2) is 0 Å². The van der Waals surface area contributed by atoms with Crippen LogP contribution < -0.4 is 4.90 Å². The van der Waals surface area contributed by atoms with Crippen molar-refractivity contribution in [1.82, 2.24) is 0 Å². The molecule has 0 saturated heterocycles. The molecule has 2 nitrogen and oxygen atoms in total. The molecule has 1 aromatic carbocycles. The molecule has 0 bridgehead atoms. The van der Waals surface area contributed by atoms with Crippen molar-refractivity contribution in [1.29, 1.82) is 0 Å². The van der Waals surface area contributed by atoms with Gasteiger partial charge in [-0.05, 0) is 24.1 Å². The number of hydrogen-bond donors (Lipinski definition) is 0. The van der Waals surface area contributed by atoms with Crippen molar-refractivity contribution < 1.29 is 18.0 Å². The fourth-order valence-electron chi connectivity index (χ4n) is 2.11. The van der Waals surface area contributed by atoms with Gasteiger partial charge in [0.2, 0.25) is 0 Å². The minimum absolute atomic E-state index is 0.288. The first kappa shape index (κ1) is 12.0. The van der Waals surface area contributed by atoms with E-state index in [0.29, 0.717) is 24.2 Å². The average Bonchev–Trinajstić information content (AvgIpc) is 2.28. The third-order valence-electron chi connectivity index (χ3n) is 3.11. The molecule has 17 heavy (non-hydrogen) atoms. The minimum Gasteiger partial charge on any atom is -0.374 e. The molecule has 0 radical (unpaired) electrons. The van der Waals surface area contributed by atoms with E-state index in [9.17, 15) is 18.0 Å². The van der Waals surface area contributed by atoms with Crippen molar-refractivity contribution >= 4 is 12.0 Å². The lowest BCUT2D eigenvalue weighted by atomic mass is 9.90. The van der Waals surface area contributed by atoms with Crippen molar-refractivity contribution in [2.45, 2.75) is 18.5 Å². The number of hydrogen-bond acceptors (Lipinski definition) is 2. The van der Waals surface area contributed by atoms with Crippen LogP contribution in [0.4, 0.5) is 18.9 Å². The van der Waals surface area contributed by atoms with Gasteiger partial charge in [-0.15, -0.1) is 0 Å². The van der Waals surface area contributed by atoms with Crippen LogP contribution >= 0.6 is 0 Å². The molecule has 2 rings (SSSR count). The monoisotopic (exact) mass is 243 g/mol. The van der Waals surface area contributed by atoms with E-state index in [-0.39, 0.29) is 5.92 Å². The van der Waals surface area contributed by atoms with Gasteiger partial charge in [0.25, 0.3) is 0 Å². The number of anilines is 1. The summed E-state index contributed by atoms with van der Waals surface area (Å²) in [5, 5.41) is 0. The number of halogens is 3. The largest absolute Gasteiger partial charge is 0.416 e. The Bertz CT molecular complexity index is 442. The van der Waals surface area contributed by atoms with E-state index in [1.807, 2.05) is 0 Å². The molecule has 92 valence electrons. The lowest BCUT2D eigenvalue weighted by molar-refractivity contribution is -0.137. The summed E-state index contributed by atoms with van der Waals surface area (Å²) in [5.41, 5.74) is 0.513. The zero-order valence-corrected chi connectivity index (χ0v) is 9.29. The van der Waals surface area contributed by atoms with Gasteiger partial charge in [0.1, 0.15) is 6.29 Å². The van der Waals surface area contributed by atoms with E-state index < -0.39 is 11.7 Å². The topological polar surface area (TPSA) is 20.3 Å². The third kappa shape index (κ3) is 2.14. The zero-order chi connectivity index (χ0) is 12.6. The molecule has 0 N–H and O–H groups in total. The Hall–Kier alpha value is -1.52. The predicted octanol–water partition coefficient (Wildman–Crippen LogP) is 2.83. The zero-order valence-electron chi connectivity index (χ0n) is 9.29. The molecule has 0 amide bonds. The lowest BCUT2D eigenvalue weighted by Gasteiger charge is -2.31. The Morgan fingerprint density at radius 2 is 2.12 bits per heavy atom. The molecule has 1 heterocycles. The van der Waals surface area contributed by atoms with Crippen molar-refractivity contribution in [3.8, 4) is 0 Å². The highest BCUT2D eigenvalue weighted by Gasteiger charge is 2.33. The van der Waals surface area contributed by atoms with E-state index in [0.717, 1.165) is 18.4 Å². The van der Waals surface area contributed by atoms with Crippen molar-refractivity contribution in [3.05, 3.63) is 29.3 Å². The van der Waals surface area contributed by atoms with E-state index in [1.54, 1.807) is 11.9 Å². The maximum Gasteiger partial charge on any atom is 0.416 e. The van der Waals surface area contributed by atoms with Gasteiger partial charge in [-0.1, -0.05) is 6.07 Å². The van der Waals surface area contributed by atoms with Crippen molar-refractivity contribution in [2.75, 3.05) is 18.5 Å². The summed E-state index contributed by atoms with van der Waals surface area (Å²) in [6.07, 6.45) is -2.89. The number of fused-ring (bicyclic) bond motifs is 1. The van der Waals surface area contributed by atoms with Crippen LogP contribution in [0, 0.1) is 0 Å². The Morgan fingerprint density at radius 3 is 2.71 bits per heavy atom. The number of aldehydes is 1. The van der Waals surface area contributed by atoms with Crippen molar-refractivity contribution in [2.24, 2.45) is 0 Å². The first-order chi connectivity index (χ1) is 7.93. The second kappa shape index (κ2) is 4.05. The van der Waals surface area contributed by atoms with E-state index in [4.69, 9.17) is 0 Å². The smallest absolute Gasteiger partial charge is 0.374 e. The first-order valence-electron chi connectivity index (χ1n) is 5.31. The second-order valence-corrected chi connectivity index (χ2v) is 4.22. The Morgan fingerprint density at radius 1 is 1.41 bits per heavy atom. The number of nitrogens with zero attached hydrogens (tertiary/aromatic N) is 1. The summed E-state index contributed by atoms with van der Waals surface area (Å²) in [6.45, 7) is 0.595. The lowest BCUT2D eigenvalue weighted by Crippen LogP contribution is -2.28. The van der Waals surface area contributed by atoms with E-state index in [1.165, 1.54) is 6.07 Å². The second-order valence-electron chi connectivity index (χ2n) is 4.22. The first-order valence-corrected chi connectivity index (χ1v) is 5.31. The molecule has 0 spiro atoms. The molecular weight excluding hydrogens is 231 g/mol. The van der Waals surface area contributed by atoms with Gasteiger partial charge in [0.05, 0.1) is 5.56 Å². The normalized spacial score (nSPS) is 20.0. The van der Waals surface area contributed by atoms with Crippen LogP contribution in [0.15, 0.2) is 18.2 Å². The summed E-state index contributed by atoms with van der Waals surface area (Å²) >= 11 is 0. The van der Waals surface area contributed by atoms with Crippen LogP contribution in [-0.4, -0.2) is 19.9 Å². The van der Waals surface area contributed by atoms with Crippen molar-refractivity contribution in [3.63, 3.8) is 0 Å². The molecule has 1 aromatic rings. The molecule has 1 unspecified atom stereocenters. The molecule has 1 aliphatic heterocycles. The van der Waals surface area contributed by atoms with E-state index in [2.05, 4.69) is 0 Å². The van der Waals surface area contributed by atoms with Crippen LogP contribution in [0.2, 0.25) is 0 Å². The van der Waals surface area contributed by atoms with Gasteiger partial charge in [-0.3, -0.25) is 0 Å². The predicted molar refractivity (Wildman–Crippen MR) is 58.1 cm³/mol. The minimum atomic E-state index is -4.34. The Balaban J connectivity index is 2.50. The molecule has 0 fully saturated rings. The quantitative estimate of drug-likeness (QED) is 0.707. The molecular formula is C12H12F3NO. The molecule has 1 aliphatic rings. The van der Waals surface area contributed by atoms with Gasteiger partial charge in [-0.2, -0.15) is 13.2 Å².